The van der Waals surface area contributed by atoms with Crippen LogP contribution < -0.4 is 34.7 Å². The van der Waals surface area contributed by atoms with Crippen LogP contribution in [0.3, 0.4) is 0 Å². The van der Waals surface area contributed by atoms with Gasteiger partial charge in [-0.3, -0.25) is 0 Å². The second-order valence-electron chi connectivity index (χ2n) is 0.805. The van der Waals surface area contributed by atoms with Crippen molar-refractivity contribution in [2.75, 3.05) is 6.61 Å². The summed E-state index contributed by atoms with van der Waals surface area (Å²) in [7, 11) is 0. The zero-order valence-electron chi connectivity index (χ0n) is 4.73. The van der Waals surface area contributed by atoms with Crippen LogP contribution in [0.5, 0.6) is 0 Å². The standard InChI is InChI=1S/C4H8O2.Na/c1-3-6-4(2)5;/h5H,2-3H2,1H3;/q;+1/p-1. The van der Waals surface area contributed by atoms with Crippen molar-refractivity contribution in [2.45, 2.75) is 6.92 Å². The fraction of sp³-hybridized carbons (Fsp3) is 0.500. The molecule has 0 spiro atoms. The minimum absolute atomic E-state index is 0. The van der Waals surface area contributed by atoms with Gasteiger partial charge in [-0.1, -0.05) is 13.5 Å². The first-order valence-electron chi connectivity index (χ1n) is 1.76. The maximum absolute atomic E-state index is 9.71. The Labute approximate surface area is 65.5 Å². The van der Waals surface area contributed by atoms with E-state index in [9.17, 15) is 5.11 Å². The van der Waals surface area contributed by atoms with Crippen LogP contribution >= 0.6 is 0 Å². The van der Waals surface area contributed by atoms with Crippen molar-refractivity contribution in [3.05, 3.63) is 12.5 Å². The van der Waals surface area contributed by atoms with E-state index in [0.717, 1.165) is 0 Å². The SMILES string of the molecule is C=C([O-])OCC.[Na+]. The molecular weight excluding hydrogens is 103 g/mol. The molecule has 7 heavy (non-hydrogen) atoms. The summed E-state index contributed by atoms with van der Waals surface area (Å²) in [5, 5.41) is 9.71. The molecule has 3 heteroatoms. The fourth-order valence-corrected chi connectivity index (χ4v) is 0.161. The zero-order valence-corrected chi connectivity index (χ0v) is 6.73. The van der Waals surface area contributed by atoms with Crippen LogP contribution in [0.4, 0.5) is 0 Å². The van der Waals surface area contributed by atoms with Crippen molar-refractivity contribution in [1.29, 1.82) is 0 Å². The maximum Gasteiger partial charge on any atom is 1.00 e. The van der Waals surface area contributed by atoms with Crippen LogP contribution in [-0.2, 0) is 4.74 Å². The van der Waals surface area contributed by atoms with Gasteiger partial charge in [0, 0.05) is 5.95 Å². The Kier molecular flexibility index (Phi) is 9.37. The molecular formula is C4H7NaO2. The zero-order chi connectivity index (χ0) is 4.99. The van der Waals surface area contributed by atoms with Crippen LogP contribution in [0.25, 0.3) is 0 Å². The van der Waals surface area contributed by atoms with Crippen LogP contribution in [0.15, 0.2) is 12.5 Å². The van der Waals surface area contributed by atoms with Gasteiger partial charge < -0.3 is 9.84 Å². The Morgan fingerprint density at radius 2 is 2.29 bits per heavy atom. The molecule has 0 unspecified atom stereocenters. The molecule has 0 aliphatic heterocycles. The number of hydrogen-bond donors (Lipinski definition) is 0. The predicted octanol–water partition coefficient (Wildman–Crippen LogP) is -3.14. The molecule has 0 fully saturated rings. The van der Waals surface area contributed by atoms with Gasteiger partial charge in [0.05, 0.1) is 0 Å². The molecule has 2 nitrogen and oxygen atoms in total. The fourth-order valence-electron chi connectivity index (χ4n) is 0.161. The van der Waals surface area contributed by atoms with E-state index in [1.807, 2.05) is 0 Å². The summed E-state index contributed by atoms with van der Waals surface area (Å²) in [6, 6.07) is 0. The molecule has 0 amide bonds. The smallest absolute Gasteiger partial charge is 0.614 e. The predicted molar refractivity (Wildman–Crippen MR) is 20.8 cm³/mol. The summed E-state index contributed by atoms with van der Waals surface area (Å²) in [6.07, 6.45) is 0. The monoisotopic (exact) mass is 110 g/mol. The third-order valence-corrected chi connectivity index (χ3v) is 0.305. The molecule has 0 rings (SSSR count). The van der Waals surface area contributed by atoms with Crippen molar-refractivity contribution in [3.63, 3.8) is 0 Å². The second kappa shape index (κ2) is 6.34. The van der Waals surface area contributed by atoms with Gasteiger partial charge in [-0.25, -0.2) is 0 Å². The number of hydrogen-bond acceptors (Lipinski definition) is 2. The van der Waals surface area contributed by atoms with E-state index < -0.39 is 5.95 Å². The summed E-state index contributed by atoms with van der Waals surface area (Å²) in [4.78, 5) is 0. The molecule has 0 radical (unpaired) electrons. The van der Waals surface area contributed by atoms with Crippen molar-refractivity contribution in [1.82, 2.24) is 0 Å². The summed E-state index contributed by atoms with van der Waals surface area (Å²) < 4.78 is 4.29. The minimum Gasteiger partial charge on any atom is -0.614 e. The van der Waals surface area contributed by atoms with Gasteiger partial charge in [0.25, 0.3) is 0 Å². The molecule has 0 aromatic rings. The van der Waals surface area contributed by atoms with Gasteiger partial charge in [-0.15, -0.1) is 0 Å². The summed E-state index contributed by atoms with van der Waals surface area (Å²) in [5.41, 5.74) is 0. The molecule has 0 aromatic carbocycles. The Bertz CT molecular complexity index is 53.7. The van der Waals surface area contributed by atoms with Gasteiger partial charge >= 0.3 is 29.6 Å². The quantitative estimate of drug-likeness (QED) is 0.278. The van der Waals surface area contributed by atoms with Crippen LogP contribution in [0, 0.1) is 0 Å². The Hall–Kier alpha value is 0.340. The molecule has 0 bridgehead atoms. The largest absolute Gasteiger partial charge is 1.00 e. The average Bonchev–Trinajstić information content (AvgIpc) is 1.35. The summed E-state index contributed by atoms with van der Waals surface area (Å²) in [6.45, 7) is 5.13. The van der Waals surface area contributed by atoms with Gasteiger partial charge in [0.2, 0.25) is 0 Å². The summed E-state index contributed by atoms with van der Waals surface area (Å²) in [5.74, 6) is -0.461. The third-order valence-electron chi connectivity index (χ3n) is 0.305. The number of ether oxygens (including phenoxy) is 1. The molecule has 0 N–H and O–H groups in total. The Balaban J connectivity index is 0. The van der Waals surface area contributed by atoms with Crippen molar-refractivity contribution >= 4 is 0 Å². The molecule has 0 aliphatic rings. The van der Waals surface area contributed by atoms with E-state index in [1.165, 1.54) is 0 Å². The molecule has 36 valence electrons. The first-order chi connectivity index (χ1) is 2.77. The summed E-state index contributed by atoms with van der Waals surface area (Å²) >= 11 is 0. The van der Waals surface area contributed by atoms with E-state index in [4.69, 9.17) is 0 Å². The average molecular weight is 110 g/mol. The topological polar surface area (TPSA) is 32.3 Å². The number of rotatable bonds is 2. The second-order valence-corrected chi connectivity index (χ2v) is 0.805. The van der Waals surface area contributed by atoms with E-state index in [1.54, 1.807) is 6.92 Å². The first kappa shape index (κ1) is 10.3. The Morgan fingerprint density at radius 3 is 2.29 bits per heavy atom. The molecule has 0 atom stereocenters. The molecule has 0 aromatic heterocycles. The van der Waals surface area contributed by atoms with Crippen LogP contribution in [0.2, 0.25) is 0 Å². The van der Waals surface area contributed by atoms with Gasteiger partial charge in [-0.05, 0) is 6.61 Å². The van der Waals surface area contributed by atoms with E-state index >= 15 is 0 Å². The molecule has 0 heterocycles. The van der Waals surface area contributed by atoms with Crippen molar-refractivity contribution in [3.8, 4) is 0 Å². The minimum atomic E-state index is -0.461. The van der Waals surface area contributed by atoms with E-state index in [0.29, 0.717) is 6.61 Å². The van der Waals surface area contributed by atoms with Gasteiger partial charge in [-0.2, -0.15) is 0 Å². The maximum atomic E-state index is 9.71. The van der Waals surface area contributed by atoms with E-state index in [2.05, 4.69) is 11.3 Å². The van der Waals surface area contributed by atoms with Crippen molar-refractivity contribution in [2.24, 2.45) is 0 Å². The van der Waals surface area contributed by atoms with E-state index in [-0.39, 0.29) is 29.6 Å². The van der Waals surface area contributed by atoms with Gasteiger partial charge in [0.1, 0.15) is 0 Å². The normalized spacial score (nSPS) is 6.43. The van der Waals surface area contributed by atoms with Gasteiger partial charge in [0.15, 0.2) is 0 Å². The van der Waals surface area contributed by atoms with Crippen LogP contribution in [0.1, 0.15) is 6.92 Å². The molecule has 0 saturated heterocycles. The van der Waals surface area contributed by atoms with Crippen molar-refractivity contribution < 1.29 is 39.4 Å². The van der Waals surface area contributed by atoms with Crippen LogP contribution in [-0.4, -0.2) is 6.61 Å². The molecule has 0 saturated carbocycles. The third kappa shape index (κ3) is 10.7. The first-order valence-corrected chi connectivity index (χ1v) is 1.76. The molecule has 0 aliphatic carbocycles. The Morgan fingerprint density at radius 1 is 1.86 bits per heavy atom.